The van der Waals surface area contributed by atoms with Gasteiger partial charge >= 0.3 is 5.97 Å². The Morgan fingerprint density at radius 1 is 1.24 bits per heavy atom. The van der Waals surface area contributed by atoms with E-state index in [4.69, 9.17) is 4.52 Å². The molecule has 3 aromatic rings. The van der Waals surface area contributed by atoms with Crippen LogP contribution in [-0.2, 0) is 22.4 Å². The molecule has 196 valence electrons. The molecule has 2 atom stereocenters. The van der Waals surface area contributed by atoms with Gasteiger partial charge in [0.2, 0.25) is 11.7 Å². The third-order valence-electron chi connectivity index (χ3n) is 6.43. The van der Waals surface area contributed by atoms with Crippen LogP contribution < -0.4 is 0 Å². The topological polar surface area (TPSA) is 68.5 Å². The van der Waals surface area contributed by atoms with Crippen molar-refractivity contribution in [3.63, 3.8) is 0 Å². The maximum absolute atomic E-state index is 15.6. The Kier molecular flexibility index (Phi) is 7.54. The van der Waals surface area contributed by atoms with Gasteiger partial charge in [-0.15, -0.1) is 0 Å². The third-order valence-corrected chi connectivity index (χ3v) is 6.43. The lowest BCUT2D eigenvalue weighted by molar-refractivity contribution is -0.134. The molecule has 0 fully saturated rings. The van der Waals surface area contributed by atoms with Crippen molar-refractivity contribution in [1.82, 2.24) is 15.0 Å². The summed E-state index contributed by atoms with van der Waals surface area (Å²) in [5.74, 6) is -1.26. The molecule has 0 bridgehead atoms. The number of carbonyl (C=O) groups is 1. The summed E-state index contributed by atoms with van der Waals surface area (Å²) >= 11 is 0. The smallest absolute Gasteiger partial charge is 0.330 e. The van der Waals surface area contributed by atoms with Gasteiger partial charge in [0, 0.05) is 36.2 Å². The van der Waals surface area contributed by atoms with E-state index in [1.165, 1.54) is 27.0 Å². The monoisotopic (exact) mass is 513 g/mol. The number of hydrogen-bond acceptors (Lipinski definition) is 6. The summed E-state index contributed by atoms with van der Waals surface area (Å²) in [4.78, 5) is 17.6. The van der Waals surface area contributed by atoms with Crippen LogP contribution in [0.3, 0.4) is 0 Å². The van der Waals surface area contributed by atoms with Crippen LogP contribution >= 0.6 is 0 Å². The summed E-state index contributed by atoms with van der Waals surface area (Å²) in [5, 5.41) is 4.03. The van der Waals surface area contributed by atoms with Gasteiger partial charge in [0.05, 0.1) is 13.2 Å². The predicted octanol–water partition coefficient (Wildman–Crippen LogP) is 5.85. The van der Waals surface area contributed by atoms with Gasteiger partial charge in [-0.25, -0.2) is 18.0 Å². The fourth-order valence-corrected chi connectivity index (χ4v) is 4.77. The number of methoxy groups -OCH3 is 1. The SMILES string of the molecule is CCc1nc(-c2ccc3c(c2)C[C@H](C)N(CC(C)(C)F)[C@H]3c2c(F)cc(/C=C/C(=O)OC)cc2F)no1. The Hall–Kier alpha value is -3.46. The van der Waals surface area contributed by atoms with Crippen LogP contribution in [0.4, 0.5) is 13.2 Å². The van der Waals surface area contributed by atoms with Crippen molar-refractivity contribution >= 4 is 12.0 Å². The molecular weight excluding hydrogens is 483 g/mol. The van der Waals surface area contributed by atoms with E-state index in [9.17, 15) is 9.18 Å². The van der Waals surface area contributed by atoms with Crippen molar-refractivity contribution in [1.29, 1.82) is 0 Å². The molecule has 0 unspecified atom stereocenters. The highest BCUT2D eigenvalue weighted by molar-refractivity contribution is 5.86. The minimum Gasteiger partial charge on any atom is -0.466 e. The molecule has 1 aliphatic rings. The first-order valence-corrected chi connectivity index (χ1v) is 12.2. The Labute approximate surface area is 214 Å². The average molecular weight is 514 g/mol. The first kappa shape index (κ1) is 26.6. The van der Waals surface area contributed by atoms with Crippen LogP contribution in [0.1, 0.15) is 61.9 Å². The zero-order chi connectivity index (χ0) is 26.9. The molecule has 0 saturated carbocycles. The lowest BCUT2D eigenvalue weighted by Gasteiger charge is -2.44. The molecule has 1 aliphatic heterocycles. The first-order chi connectivity index (χ1) is 17.5. The number of fused-ring (bicyclic) bond motifs is 1. The van der Waals surface area contributed by atoms with Crippen molar-refractivity contribution in [3.8, 4) is 11.4 Å². The Balaban J connectivity index is 1.83. The molecule has 0 saturated heterocycles. The molecule has 9 heteroatoms. The van der Waals surface area contributed by atoms with Gasteiger partial charge in [0.25, 0.3) is 0 Å². The van der Waals surface area contributed by atoms with E-state index >= 15 is 8.78 Å². The second-order valence-electron chi connectivity index (χ2n) is 9.88. The number of halogens is 3. The second-order valence-corrected chi connectivity index (χ2v) is 9.88. The van der Waals surface area contributed by atoms with Crippen LogP contribution in [0.5, 0.6) is 0 Å². The minimum atomic E-state index is -1.60. The molecule has 6 nitrogen and oxygen atoms in total. The molecule has 0 radical (unpaired) electrons. The van der Waals surface area contributed by atoms with E-state index in [-0.39, 0.29) is 23.7 Å². The normalized spacial score (nSPS) is 18.3. The molecule has 0 amide bonds. The number of esters is 1. The quantitative estimate of drug-likeness (QED) is 0.292. The summed E-state index contributed by atoms with van der Waals surface area (Å²) in [6, 6.07) is 6.74. The van der Waals surface area contributed by atoms with E-state index in [1.807, 2.05) is 19.9 Å². The Bertz CT molecular complexity index is 1310. The van der Waals surface area contributed by atoms with Gasteiger partial charge in [-0.3, -0.25) is 4.90 Å². The number of carbonyl (C=O) groups excluding carboxylic acids is 1. The average Bonchev–Trinajstić information content (AvgIpc) is 3.32. The number of nitrogens with zero attached hydrogens (tertiary/aromatic N) is 3. The molecule has 2 heterocycles. The number of hydrogen-bond donors (Lipinski definition) is 0. The van der Waals surface area contributed by atoms with Gasteiger partial charge in [-0.2, -0.15) is 4.98 Å². The summed E-state index contributed by atoms with van der Waals surface area (Å²) in [6.45, 7) is 6.71. The molecular formula is C28H30F3N3O3. The Morgan fingerprint density at radius 3 is 2.54 bits per heavy atom. The molecule has 1 aromatic heterocycles. The van der Waals surface area contributed by atoms with E-state index in [0.717, 1.165) is 29.3 Å². The molecule has 0 spiro atoms. The van der Waals surface area contributed by atoms with E-state index in [1.54, 1.807) is 17.0 Å². The maximum atomic E-state index is 15.6. The van der Waals surface area contributed by atoms with Gasteiger partial charge in [0.15, 0.2) is 0 Å². The van der Waals surface area contributed by atoms with Crippen LogP contribution in [-0.4, -0.2) is 46.4 Å². The minimum absolute atomic E-state index is 0.0202. The second kappa shape index (κ2) is 10.5. The highest BCUT2D eigenvalue weighted by Gasteiger charge is 2.39. The van der Waals surface area contributed by atoms with E-state index in [2.05, 4.69) is 14.9 Å². The number of aryl methyl sites for hydroxylation is 1. The van der Waals surface area contributed by atoms with Gasteiger partial charge in [-0.05, 0) is 68.2 Å². The van der Waals surface area contributed by atoms with Crippen molar-refractivity contribution in [2.24, 2.45) is 0 Å². The van der Waals surface area contributed by atoms with Crippen LogP contribution in [0, 0.1) is 11.6 Å². The maximum Gasteiger partial charge on any atom is 0.330 e. The zero-order valence-electron chi connectivity index (χ0n) is 21.5. The molecule has 37 heavy (non-hydrogen) atoms. The van der Waals surface area contributed by atoms with Gasteiger partial charge < -0.3 is 9.26 Å². The zero-order valence-corrected chi connectivity index (χ0v) is 21.5. The van der Waals surface area contributed by atoms with Crippen molar-refractivity contribution in [2.45, 2.75) is 58.3 Å². The highest BCUT2D eigenvalue weighted by atomic mass is 19.1. The Morgan fingerprint density at radius 2 is 1.95 bits per heavy atom. The number of ether oxygens (including phenoxy) is 1. The molecule has 0 aliphatic carbocycles. The van der Waals surface area contributed by atoms with Crippen LogP contribution in [0.15, 0.2) is 40.9 Å². The van der Waals surface area contributed by atoms with Crippen LogP contribution in [0.25, 0.3) is 17.5 Å². The largest absolute Gasteiger partial charge is 0.466 e. The summed E-state index contributed by atoms with van der Waals surface area (Å²) < 4.78 is 55.8. The molecule has 2 aromatic carbocycles. The van der Waals surface area contributed by atoms with E-state index in [0.29, 0.717) is 30.1 Å². The summed E-state index contributed by atoms with van der Waals surface area (Å²) in [6.07, 6.45) is 3.53. The van der Waals surface area contributed by atoms with Gasteiger partial charge in [-0.1, -0.05) is 24.2 Å². The molecule has 4 rings (SSSR count). The number of aromatic nitrogens is 2. The predicted molar refractivity (Wildman–Crippen MR) is 133 cm³/mol. The fraction of sp³-hybridized carbons (Fsp3) is 0.393. The summed E-state index contributed by atoms with van der Waals surface area (Å²) in [7, 11) is 1.21. The summed E-state index contributed by atoms with van der Waals surface area (Å²) in [5.41, 5.74) is 0.691. The lowest BCUT2D eigenvalue weighted by Crippen LogP contribution is -2.48. The van der Waals surface area contributed by atoms with Crippen LogP contribution in [0.2, 0.25) is 0 Å². The standard InChI is InChI=1S/C28H30F3N3O3/c1-6-23-32-27(33-37-23)18-8-9-20-19(14-18)11-16(2)34(15-28(3,4)31)26(20)25-21(29)12-17(13-22(25)30)7-10-24(35)36-5/h7-10,12-14,16,26H,6,11,15H2,1-5H3/b10-7+/t16-,26+/m0/s1. The van der Waals surface area contributed by atoms with Crippen molar-refractivity contribution in [2.75, 3.05) is 13.7 Å². The van der Waals surface area contributed by atoms with E-state index < -0.39 is 29.3 Å². The molecule has 0 N–H and O–H groups in total. The van der Waals surface area contributed by atoms with Crippen molar-refractivity contribution < 1.29 is 27.2 Å². The number of rotatable bonds is 7. The third kappa shape index (κ3) is 5.77. The van der Waals surface area contributed by atoms with Gasteiger partial charge in [0.1, 0.15) is 17.3 Å². The number of benzene rings is 2. The highest BCUT2D eigenvalue weighted by Crippen LogP contribution is 2.42. The fourth-order valence-electron chi connectivity index (χ4n) is 4.77. The first-order valence-electron chi connectivity index (χ1n) is 12.2. The number of alkyl halides is 1. The lowest BCUT2D eigenvalue weighted by atomic mass is 9.83. The van der Waals surface area contributed by atoms with Crippen molar-refractivity contribution in [3.05, 3.63) is 76.2 Å².